The Morgan fingerprint density at radius 2 is 1.97 bits per heavy atom. The molecule has 5 rings (SSSR count). The predicted molar refractivity (Wildman–Crippen MR) is 119 cm³/mol. The van der Waals surface area contributed by atoms with Gasteiger partial charge in [-0.15, -0.1) is 10.2 Å². The molecule has 0 aliphatic heterocycles. The quantitative estimate of drug-likeness (QED) is 0.351. The van der Waals surface area contributed by atoms with Crippen LogP contribution in [-0.4, -0.2) is 24.5 Å². The lowest BCUT2D eigenvalue weighted by atomic mass is 9.57. The summed E-state index contributed by atoms with van der Waals surface area (Å²) in [6.45, 7) is 2.23. The van der Waals surface area contributed by atoms with Crippen LogP contribution in [-0.2, 0) is 25.1 Å². The van der Waals surface area contributed by atoms with Gasteiger partial charge in [0, 0.05) is 34.9 Å². The van der Waals surface area contributed by atoms with Gasteiger partial charge in [-0.25, -0.2) is 4.68 Å². The summed E-state index contributed by atoms with van der Waals surface area (Å²) in [5, 5.41) is 12.8. The first-order valence-corrected chi connectivity index (χ1v) is 11.1. The Bertz CT molecular complexity index is 1300. The average Bonchev–Trinajstić information content (AvgIpc) is 3.31. The molecule has 9 heteroatoms. The van der Waals surface area contributed by atoms with Crippen LogP contribution in [0.4, 0.5) is 13.2 Å². The molecule has 5 nitrogen and oxygen atoms in total. The Morgan fingerprint density at radius 3 is 2.62 bits per heavy atom. The van der Waals surface area contributed by atoms with Crippen LogP contribution in [0, 0.1) is 5.92 Å². The van der Waals surface area contributed by atoms with E-state index < -0.39 is 11.7 Å². The molecule has 2 aromatic carbocycles. The van der Waals surface area contributed by atoms with E-state index in [1.165, 1.54) is 10.9 Å². The van der Waals surface area contributed by atoms with E-state index in [1.807, 2.05) is 29.8 Å². The van der Waals surface area contributed by atoms with E-state index in [2.05, 4.69) is 44.2 Å². The van der Waals surface area contributed by atoms with Gasteiger partial charge in [0.2, 0.25) is 0 Å². The highest BCUT2D eigenvalue weighted by atomic mass is 79.9. The minimum Gasteiger partial charge on any atom is -0.321 e. The summed E-state index contributed by atoms with van der Waals surface area (Å²) < 4.78 is 44.5. The monoisotopic (exact) mass is 503 g/mol. The first-order chi connectivity index (χ1) is 15.1. The van der Waals surface area contributed by atoms with Crippen molar-refractivity contribution in [1.29, 1.82) is 0 Å². The van der Waals surface area contributed by atoms with Gasteiger partial charge in [-0.3, -0.25) is 0 Å². The fourth-order valence-electron chi connectivity index (χ4n) is 4.96. The Morgan fingerprint density at radius 1 is 1.19 bits per heavy atom. The van der Waals surface area contributed by atoms with E-state index >= 15 is 0 Å². The molecule has 0 spiro atoms. The van der Waals surface area contributed by atoms with Crippen LogP contribution >= 0.6 is 15.9 Å². The third-order valence-corrected chi connectivity index (χ3v) is 6.86. The summed E-state index contributed by atoms with van der Waals surface area (Å²) in [4.78, 5) is 0. The number of fused-ring (bicyclic) bond motifs is 1. The van der Waals surface area contributed by atoms with Crippen LogP contribution in [0.3, 0.4) is 0 Å². The average molecular weight is 504 g/mol. The number of hydrogen-bond acceptors (Lipinski definition) is 3. The van der Waals surface area contributed by atoms with Crippen LogP contribution in [0.2, 0.25) is 0 Å². The van der Waals surface area contributed by atoms with Gasteiger partial charge in [0.1, 0.15) is 12.2 Å². The molecule has 4 aromatic rings. The number of aryl methyl sites for hydroxylation is 1. The fraction of sp³-hybridized carbons (Fsp3) is 0.348. The SMILES string of the molecule is CC1CC(Cc2nncn2C)(c2cccc(-n3cc4c(C(F)(F)F)cc(Br)cc4n3)c2)C1. The van der Waals surface area contributed by atoms with Crippen molar-refractivity contribution in [1.82, 2.24) is 24.5 Å². The first-order valence-electron chi connectivity index (χ1n) is 10.3. The summed E-state index contributed by atoms with van der Waals surface area (Å²) in [5.41, 5.74) is 1.41. The molecule has 0 saturated heterocycles. The second-order valence-corrected chi connectivity index (χ2v) is 9.75. The minimum atomic E-state index is -4.46. The van der Waals surface area contributed by atoms with Crippen molar-refractivity contribution in [3.63, 3.8) is 0 Å². The van der Waals surface area contributed by atoms with Gasteiger partial charge in [-0.2, -0.15) is 18.3 Å². The summed E-state index contributed by atoms with van der Waals surface area (Å²) in [7, 11) is 1.94. The zero-order valence-corrected chi connectivity index (χ0v) is 19.2. The highest BCUT2D eigenvalue weighted by Gasteiger charge is 2.44. The Hall–Kier alpha value is -2.68. The summed E-state index contributed by atoms with van der Waals surface area (Å²) in [5.74, 6) is 1.53. The molecule has 0 atom stereocenters. The molecule has 2 heterocycles. The maximum atomic E-state index is 13.6. The molecule has 1 aliphatic carbocycles. The molecule has 1 saturated carbocycles. The van der Waals surface area contributed by atoms with Crippen LogP contribution in [0.5, 0.6) is 0 Å². The van der Waals surface area contributed by atoms with Gasteiger partial charge >= 0.3 is 6.18 Å². The highest BCUT2D eigenvalue weighted by Crippen LogP contribution is 2.50. The fourth-order valence-corrected chi connectivity index (χ4v) is 5.41. The van der Waals surface area contributed by atoms with E-state index in [9.17, 15) is 13.2 Å². The molecule has 0 unspecified atom stereocenters. The summed E-state index contributed by atoms with van der Waals surface area (Å²) in [6.07, 6.45) is 1.52. The molecule has 32 heavy (non-hydrogen) atoms. The van der Waals surface area contributed by atoms with Gasteiger partial charge in [-0.05, 0) is 48.6 Å². The maximum Gasteiger partial charge on any atom is 0.417 e. The molecule has 0 N–H and O–H groups in total. The standard InChI is InChI=1S/C23H21BrF3N5/c1-14-9-22(10-14,11-21-29-28-13-31(21)2)15-4-3-5-17(6-15)32-12-18-19(23(25,26)27)7-16(24)8-20(18)30-32/h3-8,12-14H,9-11H2,1-2H3. The molecule has 0 radical (unpaired) electrons. The van der Waals surface area contributed by atoms with Crippen molar-refractivity contribution in [2.24, 2.45) is 13.0 Å². The predicted octanol–water partition coefficient (Wildman–Crippen LogP) is 5.85. The molecular weight excluding hydrogens is 483 g/mol. The zero-order chi connectivity index (χ0) is 22.7. The van der Waals surface area contributed by atoms with Gasteiger partial charge in [0.15, 0.2) is 0 Å². The highest BCUT2D eigenvalue weighted by molar-refractivity contribution is 9.10. The minimum absolute atomic E-state index is 0.0665. The van der Waals surface area contributed by atoms with Crippen molar-refractivity contribution in [2.75, 3.05) is 0 Å². The summed E-state index contributed by atoms with van der Waals surface area (Å²) in [6, 6.07) is 10.6. The molecule has 1 aliphatic rings. The third kappa shape index (κ3) is 3.62. The zero-order valence-electron chi connectivity index (χ0n) is 17.6. The van der Waals surface area contributed by atoms with Gasteiger partial charge < -0.3 is 4.57 Å². The van der Waals surface area contributed by atoms with E-state index in [0.717, 1.165) is 42.4 Å². The maximum absolute atomic E-state index is 13.6. The van der Waals surface area contributed by atoms with E-state index in [-0.39, 0.29) is 10.8 Å². The number of benzene rings is 2. The number of aromatic nitrogens is 5. The molecular formula is C23H21BrF3N5. The van der Waals surface area contributed by atoms with Crippen molar-refractivity contribution >= 4 is 26.8 Å². The second kappa shape index (κ2) is 7.43. The van der Waals surface area contributed by atoms with Crippen LogP contribution in [0.25, 0.3) is 16.6 Å². The molecule has 0 bridgehead atoms. The molecule has 166 valence electrons. The Labute approximate surface area is 191 Å². The van der Waals surface area contributed by atoms with Crippen molar-refractivity contribution in [2.45, 2.75) is 37.8 Å². The molecule has 2 aromatic heterocycles. The molecule has 0 amide bonds. The van der Waals surface area contributed by atoms with Crippen LogP contribution in [0.1, 0.15) is 36.7 Å². The van der Waals surface area contributed by atoms with Gasteiger partial charge in [0.25, 0.3) is 0 Å². The van der Waals surface area contributed by atoms with Crippen molar-refractivity contribution < 1.29 is 13.2 Å². The Kier molecular flexibility index (Phi) is 4.92. The first kappa shape index (κ1) is 21.2. The second-order valence-electron chi connectivity index (χ2n) is 8.84. The summed E-state index contributed by atoms with van der Waals surface area (Å²) >= 11 is 3.17. The van der Waals surface area contributed by atoms with Crippen molar-refractivity contribution in [3.05, 3.63) is 70.3 Å². The van der Waals surface area contributed by atoms with Gasteiger partial charge in [-0.1, -0.05) is 35.0 Å². The number of alkyl halides is 3. The smallest absolute Gasteiger partial charge is 0.321 e. The lowest BCUT2D eigenvalue weighted by molar-refractivity contribution is -0.136. The lowest BCUT2D eigenvalue weighted by Gasteiger charge is -2.47. The largest absolute Gasteiger partial charge is 0.417 e. The van der Waals surface area contributed by atoms with Crippen LogP contribution in [0.15, 0.2) is 53.4 Å². The topological polar surface area (TPSA) is 48.5 Å². The van der Waals surface area contributed by atoms with E-state index in [1.54, 1.807) is 12.4 Å². The number of rotatable bonds is 4. The van der Waals surface area contributed by atoms with Crippen molar-refractivity contribution in [3.8, 4) is 5.69 Å². The van der Waals surface area contributed by atoms with Gasteiger partial charge in [0.05, 0.1) is 16.8 Å². The van der Waals surface area contributed by atoms with E-state index in [4.69, 9.17) is 0 Å². The van der Waals surface area contributed by atoms with Crippen LogP contribution < -0.4 is 0 Å². The van der Waals surface area contributed by atoms with E-state index in [0.29, 0.717) is 15.9 Å². The Balaban J connectivity index is 1.57. The number of hydrogen-bond donors (Lipinski definition) is 0. The number of nitrogens with zero attached hydrogens (tertiary/aromatic N) is 5. The molecule has 1 fully saturated rings. The lowest BCUT2D eigenvalue weighted by Crippen LogP contribution is -2.42. The third-order valence-electron chi connectivity index (χ3n) is 6.40. The number of halogens is 4. The normalized spacial score (nSPS) is 21.1.